The van der Waals surface area contributed by atoms with Crippen molar-refractivity contribution in [3.05, 3.63) is 82.4 Å². The highest BCUT2D eigenvalue weighted by molar-refractivity contribution is 6.08. The molecule has 0 unspecified atom stereocenters. The molecule has 0 saturated carbocycles. The molecule has 2 aliphatic heterocycles. The van der Waals surface area contributed by atoms with Crippen LogP contribution in [-0.2, 0) is 6.42 Å². The quantitative estimate of drug-likeness (QED) is 0.202. The van der Waals surface area contributed by atoms with Crippen LogP contribution >= 0.6 is 0 Å². The number of benzene rings is 4. The largest absolute Gasteiger partial charge is 0.496 e. The van der Waals surface area contributed by atoms with Crippen LogP contribution in [-0.4, -0.2) is 73.9 Å². The van der Waals surface area contributed by atoms with Crippen LogP contribution in [0.2, 0.25) is 0 Å². The van der Waals surface area contributed by atoms with Crippen molar-refractivity contribution >= 4 is 5.78 Å². The summed E-state index contributed by atoms with van der Waals surface area (Å²) >= 11 is 0. The molecule has 0 amide bonds. The predicted molar refractivity (Wildman–Crippen MR) is 182 cm³/mol. The number of ketones is 1. The van der Waals surface area contributed by atoms with E-state index in [0.29, 0.717) is 68.2 Å². The van der Waals surface area contributed by atoms with E-state index in [2.05, 4.69) is 0 Å². The van der Waals surface area contributed by atoms with Crippen molar-refractivity contribution in [1.82, 2.24) is 0 Å². The minimum atomic E-state index is -1.04. The van der Waals surface area contributed by atoms with E-state index in [1.807, 2.05) is 6.07 Å². The molecule has 4 atom stereocenters. The maximum Gasteiger partial charge on any atom is 0.182 e. The summed E-state index contributed by atoms with van der Waals surface area (Å²) in [7, 11) is 12.2. The van der Waals surface area contributed by atoms with E-state index in [4.69, 9.17) is 47.4 Å². The van der Waals surface area contributed by atoms with Crippen LogP contribution in [0.5, 0.6) is 57.5 Å². The van der Waals surface area contributed by atoms with Gasteiger partial charge < -0.3 is 52.5 Å². The Hall–Kier alpha value is -5.49. The molecule has 0 bridgehead atoms. The van der Waals surface area contributed by atoms with Crippen LogP contribution in [0.3, 0.4) is 0 Å². The Labute approximate surface area is 290 Å². The first kappa shape index (κ1) is 34.4. The monoisotopic (exact) mass is 688 g/mol. The van der Waals surface area contributed by atoms with E-state index in [0.717, 1.165) is 0 Å². The number of fused-ring (bicyclic) bond motifs is 2. The van der Waals surface area contributed by atoms with E-state index in [1.54, 1.807) is 62.8 Å². The summed E-state index contributed by atoms with van der Waals surface area (Å²) < 4.78 is 58.6. The molecular weight excluding hydrogens is 648 g/mol. The number of carbonyl (C=O) groups excluding carboxylic acids is 1. The van der Waals surface area contributed by atoms with Gasteiger partial charge in [-0.05, 0) is 35.4 Å². The molecular formula is C38H40O12. The number of ether oxygens (including phenoxy) is 10. The summed E-state index contributed by atoms with van der Waals surface area (Å²) in [6.45, 7) is 0. The molecule has 4 aromatic carbocycles. The van der Waals surface area contributed by atoms with Crippen LogP contribution < -0.4 is 47.4 Å². The first-order valence-corrected chi connectivity index (χ1v) is 15.8. The van der Waals surface area contributed by atoms with E-state index < -0.39 is 24.2 Å². The van der Waals surface area contributed by atoms with Crippen molar-refractivity contribution in [3.63, 3.8) is 0 Å². The highest BCUT2D eigenvalue weighted by atomic mass is 16.5. The number of Topliss-reactive ketones (excluding diaryl/α,β-unsaturated/α-hetero) is 1. The maximum atomic E-state index is 15.1. The van der Waals surface area contributed by atoms with Crippen molar-refractivity contribution in [3.8, 4) is 57.5 Å². The molecule has 2 aliphatic rings. The molecule has 0 spiro atoms. The first-order chi connectivity index (χ1) is 24.2. The number of hydrogen-bond donors (Lipinski definition) is 1. The lowest BCUT2D eigenvalue weighted by atomic mass is 9.78. The zero-order chi connectivity index (χ0) is 35.7. The summed E-state index contributed by atoms with van der Waals surface area (Å²) in [5.41, 5.74) is 2.46. The molecule has 0 aromatic heterocycles. The van der Waals surface area contributed by atoms with E-state index in [-0.39, 0.29) is 29.3 Å². The lowest BCUT2D eigenvalue weighted by Crippen LogP contribution is -2.34. The highest BCUT2D eigenvalue weighted by Gasteiger charge is 2.47. The Bertz CT molecular complexity index is 1900. The van der Waals surface area contributed by atoms with Crippen molar-refractivity contribution in [2.24, 2.45) is 0 Å². The average molecular weight is 689 g/mol. The highest BCUT2D eigenvalue weighted by Crippen LogP contribution is 2.56. The van der Waals surface area contributed by atoms with Gasteiger partial charge in [-0.15, -0.1) is 0 Å². The molecule has 12 nitrogen and oxygen atoms in total. The number of aliphatic hydroxyl groups is 1. The topological polar surface area (TPSA) is 130 Å². The summed E-state index contributed by atoms with van der Waals surface area (Å²) in [4.78, 5) is 15.1. The van der Waals surface area contributed by atoms with E-state index in [1.165, 1.54) is 42.7 Å². The van der Waals surface area contributed by atoms with Gasteiger partial charge in [-0.2, -0.15) is 0 Å². The third-order valence-corrected chi connectivity index (χ3v) is 9.16. The Balaban J connectivity index is 1.61. The lowest BCUT2D eigenvalue weighted by Gasteiger charge is -2.38. The molecule has 1 N–H and O–H groups in total. The molecule has 0 aliphatic carbocycles. The second-order valence-electron chi connectivity index (χ2n) is 11.6. The molecule has 0 radical (unpaired) electrons. The fourth-order valence-corrected chi connectivity index (χ4v) is 6.74. The summed E-state index contributed by atoms with van der Waals surface area (Å²) in [5, 5.41) is 11.5. The van der Waals surface area contributed by atoms with Gasteiger partial charge in [-0.3, -0.25) is 4.79 Å². The van der Waals surface area contributed by atoms with Crippen molar-refractivity contribution < 1.29 is 57.3 Å². The molecule has 4 aromatic rings. The van der Waals surface area contributed by atoms with Crippen LogP contribution in [0, 0.1) is 0 Å². The smallest absolute Gasteiger partial charge is 0.182 e. The Morgan fingerprint density at radius 3 is 1.68 bits per heavy atom. The number of carbonyl (C=O) groups is 1. The maximum absolute atomic E-state index is 15.1. The van der Waals surface area contributed by atoms with Gasteiger partial charge in [0.2, 0.25) is 0 Å². The summed E-state index contributed by atoms with van der Waals surface area (Å²) in [6, 6.07) is 15.6. The summed E-state index contributed by atoms with van der Waals surface area (Å²) in [6.07, 6.45) is -2.62. The predicted octanol–water partition coefficient (Wildman–Crippen LogP) is 5.89. The standard InChI is InChI=1S/C38H40O12/c1-41-21-15-29(47-7)32-31(16-21)49-37(20-10-12-25(43-3)28(14-20)46-6)34(35(32)40)33-30(48-8)18-26(44-4)22-17-23(39)36(50-38(22)33)19-9-11-24(42-2)27(13-19)45-5/h9-16,18,23,34,36-37,39H,17H2,1-8H3/t23-,34-,36+,37+/m0/s1. The van der Waals surface area contributed by atoms with Crippen LogP contribution in [0.25, 0.3) is 0 Å². The zero-order valence-corrected chi connectivity index (χ0v) is 29.2. The van der Waals surface area contributed by atoms with Gasteiger partial charge in [0, 0.05) is 30.2 Å². The van der Waals surface area contributed by atoms with Crippen LogP contribution in [0.1, 0.15) is 50.7 Å². The third-order valence-electron chi connectivity index (χ3n) is 9.16. The number of methoxy groups -OCH3 is 8. The van der Waals surface area contributed by atoms with Crippen molar-refractivity contribution in [2.75, 3.05) is 56.9 Å². The third kappa shape index (κ3) is 5.79. The average Bonchev–Trinajstić information content (AvgIpc) is 3.15. The Morgan fingerprint density at radius 2 is 1.14 bits per heavy atom. The van der Waals surface area contributed by atoms with Gasteiger partial charge in [0.05, 0.1) is 74.5 Å². The number of aliphatic hydroxyl groups excluding tert-OH is 1. The molecule has 264 valence electrons. The summed E-state index contributed by atoms with van der Waals surface area (Å²) in [5.74, 6) is 2.69. The fourth-order valence-electron chi connectivity index (χ4n) is 6.74. The van der Waals surface area contributed by atoms with Crippen LogP contribution in [0.15, 0.2) is 54.6 Å². The number of hydrogen-bond acceptors (Lipinski definition) is 12. The van der Waals surface area contributed by atoms with Crippen LogP contribution in [0.4, 0.5) is 0 Å². The first-order valence-electron chi connectivity index (χ1n) is 15.8. The molecule has 50 heavy (non-hydrogen) atoms. The Kier molecular flexibility index (Phi) is 9.74. The number of rotatable bonds is 11. The molecule has 2 heterocycles. The van der Waals surface area contributed by atoms with Gasteiger partial charge in [-0.25, -0.2) is 0 Å². The lowest BCUT2D eigenvalue weighted by molar-refractivity contribution is 0.0178. The van der Waals surface area contributed by atoms with E-state index in [9.17, 15) is 5.11 Å². The van der Waals surface area contributed by atoms with Crippen molar-refractivity contribution in [1.29, 1.82) is 0 Å². The minimum Gasteiger partial charge on any atom is -0.496 e. The minimum absolute atomic E-state index is 0.147. The molecule has 6 rings (SSSR count). The second kappa shape index (κ2) is 14.2. The molecule has 0 saturated heterocycles. The fraction of sp³-hybridized carbons (Fsp3) is 0.342. The normalized spacial score (nSPS) is 19.2. The van der Waals surface area contributed by atoms with Gasteiger partial charge in [-0.1, -0.05) is 12.1 Å². The van der Waals surface area contributed by atoms with Gasteiger partial charge in [0.25, 0.3) is 0 Å². The van der Waals surface area contributed by atoms with Gasteiger partial charge >= 0.3 is 0 Å². The molecule has 12 heteroatoms. The zero-order valence-electron chi connectivity index (χ0n) is 29.2. The van der Waals surface area contributed by atoms with Gasteiger partial charge in [0.15, 0.2) is 28.8 Å². The SMILES string of the molecule is COc1cc(OC)c2c(c1)O[C@H](c1ccc(OC)c(OC)c1)[C@@H](c1c(OC)cc(OC)c3c1O[C@H](c1ccc(OC)c(OC)c1)[C@@H](O)C3)C2=O. The van der Waals surface area contributed by atoms with Gasteiger partial charge in [0.1, 0.15) is 52.3 Å². The Morgan fingerprint density at radius 1 is 0.580 bits per heavy atom. The van der Waals surface area contributed by atoms with Crippen molar-refractivity contribution in [2.45, 2.75) is 30.7 Å². The second-order valence-corrected chi connectivity index (χ2v) is 11.6. The van der Waals surface area contributed by atoms with E-state index >= 15 is 4.79 Å². The molecule has 0 fully saturated rings.